The largest absolute Gasteiger partial charge is 0.508 e. The van der Waals surface area contributed by atoms with Crippen molar-refractivity contribution in [3.8, 4) is 23.0 Å². The van der Waals surface area contributed by atoms with Gasteiger partial charge >= 0.3 is 0 Å². The molecule has 0 saturated heterocycles. The maximum absolute atomic E-state index is 10.3. The fourth-order valence-electron chi connectivity index (χ4n) is 3.13. The Hall–Kier alpha value is -3.40. The average molecular weight is 332 g/mol. The molecular formula is C21H16O4. The second-order valence-electron chi connectivity index (χ2n) is 6.20. The molecule has 4 rings (SSSR count). The van der Waals surface area contributed by atoms with Crippen LogP contribution in [0.1, 0.15) is 11.1 Å². The van der Waals surface area contributed by atoms with Crippen LogP contribution in [0.4, 0.5) is 0 Å². The zero-order valence-corrected chi connectivity index (χ0v) is 13.3. The number of hydrogen-bond donors (Lipinski definition) is 4. The second kappa shape index (κ2) is 5.60. The summed E-state index contributed by atoms with van der Waals surface area (Å²) in [7, 11) is 0. The first kappa shape index (κ1) is 15.1. The minimum absolute atomic E-state index is 0.114. The molecule has 124 valence electrons. The van der Waals surface area contributed by atoms with E-state index in [1.54, 1.807) is 48.5 Å². The molecule has 4 aromatic rings. The molecule has 4 N–H and O–H groups in total. The Bertz CT molecular complexity index is 1030. The Morgan fingerprint density at radius 2 is 0.920 bits per heavy atom. The molecular weight excluding hydrogens is 316 g/mol. The lowest BCUT2D eigenvalue weighted by atomic mass is 9.97. The van der Waals surface area contributed by atoms with Crippen LogP contribution in [0.5, 0.6) is 23.0 Å². The molecule has 0 aliphatic rings. The third-order valence-electron chi connectivity index (χ3n) is 4.42. The Morgan fingerprint density at radius 3 is 1.36 bits per heavy atom. The van der Waals surface area contributed by atoms with E-state index >= 15 is 0 Å². The molecule has 0 unspecified atom stereocenters. The Kier molecular flexibility index (Phi) is 3.39. The highest BCUT2D eigenvalue weighted by molar-refractivity contribution is 5.88. The van der Waals surface area contributed by atoms with E-state index in [0.29, 0.717) is 17.5 Å². The minimum atomic E-state index is 0.114. The standard InChI is InChI=1S/C21H16O4/c22-18-3-1-12-5-16(20(24)10-14(12)8-18)7-17-6-13-2-4-19(23)9-15(13)11-21(17)25/h1-6,8-11,22-25H,7H2. The number of phenolic OH excluding ortho intramolecular Hbond substituents is 4. The minimum Gasteiger partial charge on any atom is -0.508 e. The number of rotatable bonds is 2. The van der Waals surface area contributed by atoms with Crippen LogP contribution in [-0.2, 0) is 6.42 Å². The summed E-state index contributed by atoms with van der Waals surface area (Å²) in [6, 6.07) is 16.9. The highest BCUT2D eigenvalue weighted by atomic mass is 16.3. The summed E-state index contributed by atoms with van der Waals surface area (Å²) in [6.45, 7) is 0. The average Bonchev–Trinajstić information content (AvgIpc) is 2.56. The fraction of sp³-hybridized carbons (Fsp3) is 0.0476. The van der Waals surface area contributed by atoms with Crippen molar-refractivity contribution in [3.63, 3.8) is 0 Å². The van der Waals surface area contributed by atoms with Gasteiger partial charge in [-0.2, -0.15) is 0 Å². The van der Waals surface area contributed by atoms with E-state index in [4.69, 9.17) is 0 Å². The zero-order valence-electron chi connectivity index (χ0n) is 13.3. The summed E-state index contributed by atoms with van der Waals surface area (Å²) in [5.74, 6) is 0.525. The van der Waals surface area contributed by atoms with Crippen molar-refractivity contribution < 1.29 is 20.4 Å². The van der Waals surface area contributed by atoms with Crippen LogP contribution < -0.4 is 0 Å². The van der Waals surface area contributed by atoms with Crippen LogP contribution in [0.15, 0.2) is 60.7 Å². The summed E-state index contributed by atoms with van der Waals surface area (Å²) in [4.78, 5) is 0. The predicted octanol–water partition coefficient (Wildman–Crippen LogP) is 4.41. The lowest BCUT2D eigenvalue weighted by molar-refractivity contribution is 0.464. The van der Waals surface area contributed by atoms with Gasteiger partial charge in [0, 0.05) is 6.42 Å². The molecule has 0 aliphatic heterocycles. The van der Waals surface area contributed by atoms with Crippen molar-refractivity contribution in [2.45, 2.75) is 6.42 Å². The molecule has 0 fully saturated rings. The van der Waals surface area contributed by atoms with Crippen LogP contribution in [-0.4, -0.2) is 20.4 Å². The van der Waals surface area contributed by atoms with Gasteiger partial charge in [-0.25, -0.2) is 0 Å². The highest BCUT2D eigenvalue weighted by Gasteiger charge is 2.10. The molecule has 4 heteroatoms. The molecule has 0 spiro atoms. The molecule has 0 aliphatic carbocycles. The molecule has 0 heterocycles. The Morgan fingerprint density at radius 1 is 0.480 bits per heavy atom. The van der Waals surface area contributed by atoms with Crippen LogP contribution in [0.3, 0.4) is 0 Å². The summed E-state index contributed by atoms with van der Waals surface area (Å²) in [5.41, 5.74) is 1.37. The third kappa shape index (κ3) is 2.78. The van der Waals surface area contributed by atoms with E-state index < -0.39 is 0 Å². The predicted molar refractivity (Wildman–Crippen MR) is 97.4 cm³/mol. The monoisotopic (exact) mass is 332 g/mol. The van der Waals surface area contributed by atoms with Gasteiger partial charge in [0.25, 0.3) is 0 Å². The van der Waals surface area contributed by atoms with Gasteiger partial charge < -0.3 is 20.4 Å². The topological polar surface area (TPSA) is 80.9 Å². The van der Waals surface area contributed by atoms with Crippen molar-refractivity contribution in [3.05, 3.63) is 71.8 Å². The molecule has 0 bridgehead atoms. The van der Waals surface area contributed by atoms with Crippen LogP contribution >= 0.6 is 0 Å². The number of aromatic hydroxyl groups is 4. The molecule has 0 aromatic heterocycles. The zero-order chi connectivity index (χ0) is 17.6. The van der Waals surface area contributed by atoms with Gasteiger partial charge in [0.15, 0.2) is 0 Å². The molecule has 25 heavy (non-hydrogen) atoms. The SMILES string of the molecule is Oc1ccc2cc(Cc3cc4ccc(O)cc4cc3O)c(O)cc2c1. The normalized spacial score (nSPS) is 11.2. The van der Waals surface area contributed by atoms with Crippen molar-refractivity contribution in [2.24, 2.45) is 0 Å². The maximum Gasteiger partial charge on any atom is 0.119 e. The van der Waals surface area contributed by atoms with Crippen molar-refractivity contribution in [2.75, 3.05) is 0 Å². The van der Waals surface area contributed by atoms with E-state index in [9.17, 15) is 20.4 Å². The third-order valence-corrected chi connectivity index (χ3v) is 4.42. The maximum atomic E-state index is 10.3. The Balaban J connectivity index is 1.79. The van der Waals surface area contributed by atoms with Crippen LogP contribution in [0, 0.1) is 0 Å². The summed E-state index contributed by atoms with van der Waals surface area (Å²) in [5, 5.41) is 43.0. The lowest BCUT2D eigenvalue weighted by Gasteiger charge is -2.11. The Labute approximate surface area is 143 Å². The first-order chi connectivity index (χ1) is 12.0. The molecule has 4 aromatic carbocycles. The van der Waals surface area contributed by atoms with Gasteiger partial charge in [0.1, 0.15) is 23.0 Å². The molecule has 0 atom stereocenters. The second-order valence-corrected chi connectivity index (χ2v) is 6.20. The number of phenols is 4. The van der Waals surface area contributed by atoms with E-state index in [1.165, 1.54) is 0 Å². The van der Waals surface area contributed by atoms with Crippen molar-refractivity contribution in [1.29, 1.82) is 0 Å². The van der Waals surface area contributed by atoms with Gasteiger partial charge in [-0.05, 0) is 81.2 Å². The lowest BCUT2D eigenvalue weighted by Crippen LogP contribution is -1.91. The van der Waals surface area contributed by atoms with Gasteiger partial charge in [0.2, 0.25) is 0 Å². The van der Waals surface area contributed by atoms with E-state index in [2.05, 4.69) is 0 Å². The first-order valence-electron chi connectivity index (χ1n) is 7.89. The van der Waals surface area contributed by atoms with Gasteiger partial charge in [-0.15, -0.1) is 0 Å². The number of hydrogen-bond acceptors (Lipinski definition) is 4. The van der Waals surface area contributed by atoms with Gasteiger partial charge in [0.05, 0.1) is 0 Å². The highest BCUT2D eigenvalue weighted by Crippen LogP contribution is 2.33. The summed E-state index contributed by atoms with van der Waals surface area (Å²) < 4.78 is 0. The van der Waals surface area contributed by atoms with Crippen LogP contribution in [0.25, 0.3) is 21.5 Å². The molecule has 0 saturated carbocycles. The molecule has 0 radical (unpaired) electrons. The summed E-state index contributed by atoms with van der Waals surface area (Å²) in [6.07, 6.45) is 0.366. The van der Waals surface area contributed by atoms with E-state index in [0.717, 1.165) is 21.5 Å². The van der Waals surface area contributed by atoms with Gasteiger partial charge in [-0.3, -0.25) is 0 Å². The smallest absolute Gasteiger partial charge is 0.119 e. The first-order valence-corrected chi connectivity index (χ1v) is 7.89. The molecule has 4 nitrogen and oxygen atoms in total. The summed E-state index contributed by atoms with van der Waals surface area (Å²) >= 11 is 0. The van der Waals surface area contributed by atoms with Crippen molar-refractivity contribution in [1.82, 2.24) is 0 Å². The number of benzene rings is 4. The van der Waals surface area contributed by atoms with E-state index in [-0.39, 0.29) is 23.0 Å². The molecule has 0 amide bonds. The van der Waals surface area contributed by atoms with Gasteiger partial charge in [-0.1, -0.05) is 12.1 Å². The van der Waals surface area contributed by atoms with Crippen molar-refractivity contribution >= 4 is 21.5 Å². The van der Waals surface area contributed by atoms with Crippen LogP contribution in [0.2, 0.25) is 0 Å². The van der Waals surface area contributed by atoms with E-state index in [1.807, 2.05) is 12.1 Å². The fourth-order valence-corrected chi connectivity index (χ4v) is 3.13. The quantitative estimate of drug-likeness (QED) is 0.438. The number of fused-ring (bicyclic) bond motifs is 2.